The minimum absolute atomic E-state index is 0.0847. The molecule has 0 bridgehead atoms. The molecule has 3 rings (SSSR count). The van der Waals surface area contributed by atoms with Crippen molar-refractivity contribution in [3.05, 3.63) is 23.4 Å². The molecule has 3 heteroatoms. The van der Waals surface area contributed by atoms with E-state index in [1.165, 1.54) is 0 Å². The summed E-state index contributed by atoms with van der Waals surface area (Å²) in [6, 6.07) is 4.03. The van der Waals surface area contributed by atoms with Crippen molar-refractivity contribution in [3.8, 4) is 0 Å². The summed E-state index contributed by atoms with van der Waals surface area (Å²) >= 11 is 0. The maximum absolute atomic E-state index is 9.10. The molecule has 2 fully saturated rings. The monoisotopic (exact) mass is 218 g/mol. The average Bonchev–Trinajstić information content (AvgIpc) is 2.75. The van der Waals surface area contributed by atoms with Gasteiger partial charge in [0.15, 0.2) is 0 Å². The molecular weight excluding hydrogens is 200 g/mol. The third kappa shape index (κ3) is 1.42. The van der Waals surface area contributed by atoms with E-state index in [1.807, 2.05) is 19.1 Å². The third-order valence-electron chi connectivity index (χ3n) is 4.30. The van der Waals surface area contributed by atoms with Gasteiger partial charge in [-0.2, -0.15) is 0 Å². The van der Waals surface area contributed by atoms with Crippen LogP contribution in [-0.4, -0.2) is 23.2 Å². The number of aromatic nitrogens is 1. The number of pyridine rings is 1. The Kier molecular flexibility index (Phi) is 2.18. The van der Waals surface area contributed by atoms with E-state index in [2.05, 4.69) is 16.8 Å². The Morgan fingerprint density at radius 3 is 2.62 bits per heavy atom. The first-order valence-electron chi connectivity index (χ1n) is 6.03. The summed E-state index contributed by atoms with van der Waals surface area (Å²) in [7, 11) is 0. The standard InChI is InChI=1S/C13H18N2O/c1-8-11-5-15(6-12(8)11)13-4-3-10(7-16)9(2)14-13/h3-4,8,11-12,16H,5-7H2,1-2H3. The Hall–Kier alpha value is -1.09. The lowest BCUT2D eigenvalue weighted by Crippen LogP contribution is -2.24. The molecule has 3 nitrogen and oxygen atoms in total. The van der Waals surface area contributed by atoms with Crippen molar-refractivity contribution in [3.63, 3.8) is 0 Å². The molecule has 0 amide bonds. The lowest BCUT2D eigenvalue weighted by Gasteiger charge is -2.21. The summed E-state index contributed by atoms with van der Waals surface area (Å²) in [6.07, 6.45) is 0. The van der Waals surface area contributed by atoms with E-state index in [9.17, 15) is 0 Å². The molecule has 1 aliphatic heterocycles. The van der Waals surface area contributed by atoms with Gasteiger partial charge in [-0.25, -0.2) is 4.98 Å². The second kappa shape index (κ2) is 3.45. The predicted octanol–water partition coefficient (Wildman–Crippen LogP) is 1.58. The molecule has 86 valence electrons. The van der Waals surface area contributed by atoms with Crippen LogP contribution < -0.4 is 4.90 Å². The smallest absolute Gasteiger partial charge is 0.128 e. The lowest BCUT2D eigenvalue weighted by atomic mass is 10.2. The number of aliphatic hydroxyl groups is 1. The topological polar surface area (TPSA) is 36.4 Å². The van der Waals surface area contributed by atoms with Gasteiger partial charge in [-0.05, 0) is 36.3 Å². The highest BCUT2D eigenvalue weighted by Crippen LogP contribution is 2.51. The third-order valence-corrected chi connectivity index (χ3v) is 4.30. The zero-order chi connectivity index (χ0) is 11.3. The minimum Gasteiger partial charge on any atom is -0.392 e. The van der Waals surface area contributed by atoms with Crippen LogP contribution in [0.4, 0.5) is 5.82 Å². The van der Waals surface area contributed by atoms with Crippen LogP contribution in [0.3, 0.4) is 0 Å². The Bertz CT molecular complexity index is 406. The molecule has 1 aromatic heterocycles. The average molecular weight is 218 g/mol. The van der Waals surface area contributed by atoms with Gasteiger partial charge in [0.05, 0.1) is 6.61 Å². The molecule has 1 saturated heterocycles. The van der Waals surface area contributed by atoms with Crippen molar-refractivity contribution in [1.29, 1.82) is 0 Å². The summed E-state index contributed by atoms with van der Waals surface area (Å²) in [6.45, 7) is 6.73. The fourth-order valence-corrected chi connectivity index (χ4v) is 2.93. The quantitative estimate of drug-likeness (QED) is 0.819. The highest BCUT2D eigenvalue weighted by atomic mass is 16.3. The van der Waals surface area contributed by atoms with Gasteiger partial charge in [0.2, 0.25) is 0 Å². The van der Waals surface area contributed by atoms with Crippen molar-refractivity contribution in [2.75, 3.05) is 18.0 Å². The number of aliphatic hydroxyl groups excluding tert-OH is 1. The minimum atomic E-state index is 0.0847. The van der Waals surface area contributed by atoms with E-state index in [0.717, 1.165) is 47.9 Å². The normalized spacial score (nSPS) is 31.7. The summed E-state index contributed by atoms with van der Waals surface area (Å²) in [5.74, 6) is 3.81. The Morgan fingerprint density at radius 1 is 1.38 bits per heavy atom. The fraction of sp³-hybridized carbons (Fsp3) is 0.615. The predicted molar refractivity (Wildman–Crippen MR) is 63.3 cm³/mol. The van der Waals surface area contributed by atoms with E-state index < -0.39 is 0 Å². The molecule has 2 aliphatic rings. The second-order valence-electron chi connectivity index (χ2n) is 5.16. The van der Waals surface area contributed by atoms with Crippen LogP contribution in [0.1, 0.15) is 18.2 Å². The number of hydrogen-bond acceptors (Lipinski definition) is 3. The van der Waals surface area contributed by atoms with Gasteiger partial charge in [-0.3, -0.25) is 0 Å². The van der Waals surface area contributed by atoms with E-state index >= 15 is 0 Å². The Labute approximate surface area is 96.1 Å². The van der Waals surface area contributed by atoms with Gasteiger partial charge < -0.3 is 10.0 Å². The number of rotatable bonds is 2. The van der Waals surface area contributed by atoms with Crippen molar-refractivity contribution in [2.24, 2.45) is 17.8 Å². The van der Waals surface area contributed by atoms with E-state index in [1.54, 1.807) is 0 Å². The summed E-state index contributed by atoms with van der Waals surface area (Å²) in [5, 5.41) is 9.10. The SMILES string of the molecule is Cc1nc(N2CC3C(C)C3C2)ccc1CO. The van der Waals surface area contributed by atoms with Gasteiger partial charge in [-0.1, -0.05) is 13.0 Å². The highest BCUT2D eigenvalue weighted by Gasteiger charge is 2.52. The summed E-state index contributed by atoms with van der Waals surface area (Å²) in [5.41, 5.74) is 1.88. The van der Waals surface area contributed by atoms with E-state index in [-0.39, 0.29) is 6.61 Å². The van der Waals surface area contributed by atoms with Crippen molar-refractivity contribution in [1.82, 2.24) is 4.98 Å². The van der Waals surface area contributed by atoms with Gasteiger partial charge in [0.25, 0.3) is 0 Å². The Balaban J connectivity index is 1.78. The van der Waals surface area contributed by atoms with Crippen LogP contribution in [0, 0.1) is 24.7 Å². The highest BCUT2D eigenvalue weighted by molar-refractivity contribution is 5.44. The van der Waals surface area contributed by atoms with Crippen LogP contribution in [0.2, 0.25) is 0 Å². The number of anilines is 1. The van der Waals surface area contributed by atoms with Gasteiger partial charge in [0, 0.05) is 18.8 Å². The molecule has 2 heterocycles. The molecule has 1 N–H and O–H groups in total. The van der Waals surface area contributed by atoms with E-state index in [0.29, 0.717) is 0 Å². The van der Waals surface area contributed by atoms with Crippen LogP contribution in [0.15, 0.2) is 12.1 Å². The number of piperidine rings is 1. The van der Waals surface area contributed by atoms with Gasteiger partial charge >= 0.3 is 0 Å². The first-order valence-corrected chi connectivity index (χ1v) is 6.03. The van der Waals surface area contributed by atoms with Crippen LogP contribution in [-0.2, 0) is 6.61 Å². The summed E-state index contributed by atoms with van der Waals surface area (Å²) in [4.78, 5) is 6.95. The molecule has 0 spiro atoms. The molecule has 2 atom stereocenters. The molecule has 16 heavy (non-hydrogen) atoms. The fourth-order valence-electron chi connectivity index (χ4n) is 2.93. The van der Waals surface area contributed by atoms with Crippen LogP contribution >= 0.6 is 0 Å². The molecular formula is C13H18N2O. The second-order valence-corrected chi connectivity index (χ2v) is 5.16. The molecule has 2 unspecified atom stereocenters. The maximum Gasteiger partial charge on any atom is 0.128 e. The number of fused-ring (bicyclic) bond motifs is 1. The molecule has 0 radical (unpaired) electrons. The van der Waals surface area contributed by atoms with Crippen molar-refractivity contribution < 1.29 is 5.11 Å². The Morgan fingerprint density at radius 2 is 2.06 bits per heavy atom. The van der Waals surface area contributed by atoms with Gasteiger partial charge in [0.1, 0.15) is 5.82 Å². The number of aryl methyl sites for hydroxylation is 1. The molecule has 1 aliphatic carbocycles. The van der Waals surface area contributed by atoms with Gasteiger partial charge in [-0.15, -0.1) is 0 Å². The zero-order valence-corrected chi connectivity index (χ0v) is 9.85. The molecule has 1 aromatic rings. The van der Waals surface area contributed by atoms with Crippen molar-refractivity contribution >= 4 is 5.82 Å². The number of hydrogen-bond donors (Lipinski definition) is 1. The largest absolute Gasteiger partial charge is 0.392 e. The lowest BCUT2D eigenvalue weighted by molar-refractivity contribution is 0.280. The maximum atomic E-state index is 9.10. The molecule has 0 aromatic carbocycles. The van der Waals surface area contributed by atoms with E-state index in [4.69, 9.17) is 5.11 Å². The molecule has 1 saturated carbocycles. The van der Waals surface area contributed by atoms with Crippen LogP contribution in [0.5, 0.6) is 0 Å². The van der Waals surface area contributed by atoms with Crippen molar-refractivity contribution in [2.45, 2.75) is 20.5 Å². The van der Waals surface area contributed by atoms with Crippen LogP contribution in [0.25, 0.3) is 0 Å². The number of nitrogens with zero attached hydrogens (tertiary/aromatic N) is 2. The first kappa shape index (κ1) is 10.1. The zero-order valence-electron chi connectivity index (χ0n) is 9.85. The summed E-state index contributed by atoms with van der Waals surface area (Å²) < 4.78 is 0. The first-order chi connectivity index (χ1) is 7.70.